The zero-order valence-electron chi connectivity index (χ0n) is 25.6. The van der Waals surface area contributed by atoms with Crippen molar-refractivity contribution in [3.05, 3.63) is 152 Å². The number of hydrogen-bond acceptors (Lipinski definition) is 3. The second kappa shape index (κ2) is 9.88. The van der Waals surface area contributed by atoms with Crippen molar-refractivity contribution in [1.29, 1.82) is 0 Å². The van der Waals surface area contributed by atoms with Crippen LogP contribution in [-0.4, -0.2) is 14.1 Å². The summed E-state index contributed by atoms with van der Waals surface area (Å²) in [6.07, 6.45) is 0. The monoisotopic (exact) mass is 647 g/mol. The molecule has 0 N–H and O–H groups in total. The first-order valence-corrected chi connectivity index (χ1v) is 17.8. The van der Waals surface area contributed by atoms with E-state index in [1.54, 1.807) is 11.3 Å². The molecule has 0 saturated heterocycles. The lowest BCUT2D eigenvalue weighted by Gasteiger charge is -2.09. The highest BCUT2D eigenvalue weighted by Gasteiger charge is 2.19. The molecule has 224 valence electrons. The molecule has 48 heavy (non-hydrogen) atoms. The van der Waals surface area contributed by atoms with E-state index >= 15 is 0 Å². The van der Waals surface area contributed by atoms with Gasteiger partial charge in [-0.05, 0) is 71.8 Å². The first-order chi connectivity index (χ1) is 23.8. The van der Waals surface area contributed by atoms with E-state index in [1.807, 2.05) is 11.3 Å². The average molecular weight is 648 g/mol. The zero-order valence-corrected chi connectivity index (χ0v) is 27.2. The van der Waals surface area contributed by atoms with E-state index in [1.165, 1.54) is 85.3 Å². The lowest BCUT2D eigenvalue weighted by molar-refractivity contribution is 1.15. The minimum Gasteiger partial charge on any atom is -0.309 e. The van der Waals surface area contributed by atoms with E-state index in [-0.39, 0.29) is 0 Å². The third kappa shape index (κ3) is 3.66. The summed E-state index contributed by atoms with van der Waals surface area (Å²) in [4.78, 5) is 5.40. The molecule has 3 nitrogen and oxygen atoms in total. The van der Waals surface area contributed by atoms with Crippen molar-refractivity contribution >= 4 is 96.7 Å². The summed E-state index contributed by atoms with van der Waals surface area (Å²) in [6, 6.07) is 55.1. The van der Waals surface area contributed by atoms with Crippen LogP contribution >= 0.6 is 22.7 Å². The Morgan fingerprint density at radius 2 is 1.02 bits per heavy atom. The molecule has 0 aliphatic rings. The van der Waals surface area contributed by atoms with Crippen molar-refractivity contribution in [1.82, 2.24) is 14.1 Å². The van der Waals surface area contributed by atoms with Crippen LogP contribution in [0.3, 0.4) is 0 Å². The molecular weight excluding hydrogens is 623 g/mol. The van der Waals surface area contributed by atoms with Gasteiger partial charge in [0.25, 0.3) is 0 Å². The van der Waals surface area contributed by atoms with Gasteiger partial charge in [-0.3, -0.25) is 4.57 Å². The minimum absolute atomic E-state index is 0.998. The molecule has 0 bridgehead atoms. The highest BCUT2D eigenvalue weighted by Crippen LogP contribution is 2.43. The van der Waals surface area contributed by atoms with E-state index in [0.29, 0.717) is 0 Å². The molecule has 0 unspecified atom stereocenters. The molecule has 0 amide bonds. The number of hydrogen-bond donors (Lipinski definition) is 0. The lowest BCUT2D eigenvalue weighted by atomic mass is 10.0. The minimum atomic E-state index is 0.998. The maximum atomic E-state index is 5.40. The van der Waals surface area contributed by atoms with Crippen LogP contribution in [0.1, 0.15) is 0 Å². The Bertz CT molecular complexity index is 3070. The van der Waals surface area contributed by atoms with Gasteiger partial charge in [-0.15, -0.1) is 11.3 Å². The second-order valence-electron chi connectivity index (χ2n) is 12.4. The number of para-hydroxylation sites is 3. The molecule has 0 spiro atoms. The van der Waals surface area contributed by atoms with E-state index in [0.717, 1.165) is 10.6 Å². The van der Waals surface area contributed by atoms with Gasteiger partial charge in [0.1, 0.15) is 0 Å². The number of aromatic nitrogens is 3. The van der Waals surface area contributed by atoms with Gasteiger partial charge in [0.05, 0.1) is 32.3 Å². The highest BCUT2D eigenvalue weighted by molar-refractivity contribution is 7.26. The summed E-state index contributed by atoms with van der Waals surface area (Å²) in [7, 11) is 0. The fourth-order valence-corrected chi connectivity index (χ4v) is 9.76. The third-order valence-electron chi connectivity index (χ3n) is 9.77. The molecule has 4 heterocycles. The Balaban J connectivity index is 1.15. The smallest absolute Gasteiger partial charge is 0.195 e. The fourth-order valence-electron chi connectivity index (χ4n) is 7.65. The number of thiazole rings is 1. The van der Waals surface area contributed by atoms with Crippen molar-refractivity contribution in [2.75, 3.05) is 0 Å². The van der Waals surface area contributed by atoms with Gasteiger partial charge < -0.3 is 4.57 Å². The summed E-state index contributed by atoms with van der Waals surface area (Å²) in [5.74, 6) is 0. The van der Waals surface area contributed by atoms with Crippen LogP contribution in [-0.2, 0) is 0 Å². The number of nitrogens with zero attached hydrogens (tertiary/aromatic N) is 3. The molecule has 4 aromatic heterocycles. The first-order valence-electron chi connectivity index (χ1n) is 16.1. The van der Waals surface area contributed by atoms with Crippen LogP contribution in [0.5, 0.6) is 0 Å². The number of thiophene rings is 1. The zero-order chi connectivity index (χ0) is 31.3. The van der Waals surface area contributed by atoms with E-state index in [9.17, 15) is 0 Å². The van der Waals surface area contributed by atoms with E-state index < -0.39 is 0 Å². The van der Waals surface area contributed by atoms with Crippen LogP contribution in [0, 0.1) is 0 Å². The van der Waals surface area contributed by atoms with Gasteiger partial charge in [0.2, 0.25) is 0 Å². The summed E-state index contributed by atoms with van der Waals surface area (Å²) >= 11 is 3.62. The molecule has 0 atom stereocenters. The van der Waals surface area contributed by atoms with Gasteiger partial charge in [0.15, 0.2) is 5.13 Å². The Labute approximate surface area is 283 Å². The van der Waals surface area contributed by atoms with Crippen LogP contribution in [0.2, 0.25) is 0 Å². The molecule has 0 radical (unpaired) electrons. The largest absolute Gasteiger partial charge is 0.309 e. The maximum absolute atomic E-state index is 5.40. The number of fused-ring (bicyclic) bond motifs is 11. The summed E-state index contributed by atoms with van der Waals surface area (Å²) in [5.41, 5.74) is 9.43. The third-order valence-corrected chi connectivity index (χ3v) is 11.9. The Kier molecular flexibility index (Phi) is 5.42. The molecule has 0 aliphatic heterocycles. The fraction of sp³-hybridized carbons (Fsp3) is 0. The molecule has 0 aliphatic carbocycles. The maximum Gasteiger partial charge on any atom is 0.195 e. The van der Waals surface area contributed by atoms with Crippen molar-refractivity contribution in [3.8, 4) is 21.9 Å². The van der Waals surface area contributed by atoms with Crippen LogP contribution in [0.15, 0.2) is 152 Å². The Morgan fingerprint density at radius 1 is 0.396 bits per heavy atom. The Hall–Kier alpha value is -5.75. The van der Waals surface area contributed by atoms with Gasteiger partial charge >= 0.3 is 0 Å². The molecule has 7 aromatic carbocycles. The topological polar surface area (TPSA) is 22.8 Å². The van der Waals surface area contributed by atoms with Crippen molar-refractivity contribution in [2.24, 2.45) is 0 Å². The van der Waals surface area contributed by atoms with Crippen molar-refractivity contribution < 1.29 is 0 Å². The molecule has 5 heteroatoms. The van der Waals surface area contributed by atoms with E-state index in [4.69, 9.17) is 4.98 Å². The quantitative estimate of drug-likeness (QED) is 0.187. The summed E-state index contributed by atoms with van der Waals surface area (Å²) < 4.78 is 8.55. The standard InChI is InChI=1S/C43H25N3S2/c1-2-10-28(11-3-1)45-34-15-7-5-13-30(34)33-24-26(19-21-36(33)45)27-18-20-31-29-12-4-8-16-35(29)46(37(31)25-27)43-44-42-40(48-43)23-22-39-41(42)32-14-6-9-17-38(32)47-39/h1-25H. The second-order valence-corrected chi connectivity index (χ2v) is 14.5. The highest BCUT2D eigenvalue weighted by atomic mass is 32.1. The normalized spacial score (nSPS) is 12.2. The SMILES string of the molecule is c1ccc(-n2c3ccccc3c3cc(-c4ccc5c6ccccc6n(-c6nc7c(ccc8sc9ccccc9c87)s6)c5c4)ccc32)cc1. The molecule has 0 fully saturated rings. The summed E-state index contributed by atoms with van der Waals surface area (Å²) in [6.45, 7) is 0. The Morgan fingerprint density at radius 3 is 1.88 bits per heavy atom. The van der Waals surface area contributed by atoms with Crippen LogP contribution in [0.4, 0.5) is 0 Å². The first kappa shape index (κ1) is 26.3. The molecule has 11 aromatic rings. The predicted molar refractivity (Wildman–Crippen MR) is 207 cm³/mol. The van der Waals surface area contributed by atoms with Crippen molar-refractivity contribution in [2.45, 2.75) is 0 Å². The van der Waals surface area contributed by atoms with Crippen LogP contribution < -0.4 is 0 Å². The van der Waals surface area contributed by atoms with Gasteiger partial charge in [-0.25, -0.2) is 4.98 Å². The number of rotatable bonds is 3. The van der Waals surface area contributed by atoms with Gasteiger partial charge in [-0.2, -0.15) is 0 Å². The van der Waals surface area contributed by atoms with Gasteiger partial charge in [-0.1, -0.05) is 102 Å². The molecule has 0 saturated carbocycles. The van der Waals surface area contributed by atoms with Crippen LogP contribution in [0.25, 0.3) is 95.9 Å². The average Bonchev–Trinajstić information content (AvgIpc) is 3.90. The van der Waals surface area contributed by atoms with Gasteiger partial charge in [0, 0.05) is 47.4 Å². The number of benzene rings is 7. The predicted octanol–water partition coefficient (Wildman–Crippen LogP) is 12.5. The summed E-state index contributed by atoms with van der Waals surface area (Å²) in [5, 5.41) is 8.54. The van der Waals surface area contributed by atoms with Crippen molar-refractivity contribution in [3.63, 3.8) is 0 Å². The molecule has 11 rings (SSSR count). The molecular formula is C43H25N3S2. The van der Waals surface area contributed by atoms with E-state index in [2.05, 4.69) is 161 Å². The lowest BCUT2D eigenvalue weighted by Crippen LogP contribution is -1.93.